The van der Waals surface area contributed by atoms with Crippen LogP contribution in [0.2, 0.25) is 18.6 Å². The smallest absolute Gasteiger partial charge is 0.264 e. The fraction of sp³-hybridized carbons (Fsp3) is 0.333. The molecular formula is C39H43IN2O5Si. The van der Waals surface area contributed by atoms with E-state index < -0.39 is 19.8 Å². The van der Waals surface area contributed by atoms with Gasteiger partial charge < -0.3 is 24.4 Å². The number of halogens is 1. The van der Waals surface area contributed by atoms with E-state index in [1.807, 2.05) is 89.8 Å². The molecule has 2 aliphatic rings. The van der Waals surface area contributed by atoms with Crippen molar-refractivity contribution in [3.05, 3.63) is 123 Å². The first kappa shape index (κ1) is 34.4. The second kappa shape index (κ2) is 14.1. The summed E-state index contributed by atoms with van der Waals surface area (Å²) >= 11 is 2.31. The van der Waals surface area contributed by atoms with Gasteiger partial charge in [0, 0.05) is 28.1 Å². The highest BCUT2D eigenvalue weighted by atomic mass is 127. The van der Waals surface area contributed by atoms with Crippen molar-refractivity contribution in [2.45, 2.75) is 56.8 Å². The number of carbonyl (C=O) groups excluding carboxylic acids is 2. The van der Waals surface area contributed by atoms with Gasteiger partial charge in [-0.1, -0.05) is 98.0 Å². The van der Waals surface area contributed by atoms with Crippen molar-refractivity contribution in [2.24, 2.45) is 5.92 Å². The van der Waals surface area contributed by atoms with Crippen molar-refractivity contribution in [3.63, 3.8) is 0 Å². The van der Waals surface area contributed by atoms with E-state index in [1.54, 1.807) is 12.0 Å². The number of nitrogens with zero attached hydrogens (tertiary/aromatic N) is 2. The summed E-state index contributed by atoms with van der Waals surface area (Å²) in [6.45, 7) is 7.69. The minimum atomic E-state index is -2.43. The number of hydrogen-bond donors (Lipinski definition) is 1. The highest BCUT2D eigenvalue weighted by molar-refractivity contribution is 14.1. The normalized spacial score (nSPS) is 21.8. The monoisotopic (exact) mass is 774 g/mol. The third-order valence-electron chi connectivity index (χ3n) is 10.3. The van der Waals surface area contributed by atoms with Gasteiger partial charge in [-0.25, -0.2) is 0 Å². The second-order valence-electron chi connectivity index (χ2n) is 13.4. The molecule has 2 heterocycles. The summed E-state index contributed by atoms with van der Waals surface area (Å²) in [6, 6.07) is 34.3. The third-order valence-corrected chi connectivity index (χ3v) is 15.3. The van der Waals surface area contributed by atoms with Gasteiger partial charge in [-0.15, -0.1) is 0 Å². The summed E-state index contributed by atoms with van der Waals surface area (Å²) in [5.41, 5.74) is 2.45. The Hall–Kier alpha value is -3.51. The molecular weight excluding hydrogens is 731 g/mol. The molecule has 4 aromatic carbocycles. The van der Waals surface area contributed by atoms with E-state index in [-0.39, 0.29) is 42.8 Å². The zero-order chi connectivity index (χ0) is 34.1. The fourth-order valence-electron chi connectivity index (χ4n) is 7.93. The summed E-state index contributed by atoms with van der Waals surface area (Å²) in [6.07, 6.45) is -0.402. The Morgan fingerprint density at radius 1 is 0.979 bits per heavy atom. The summed E-state index contributed by atoms with van der Waals surface area (Å²) in [7, 11) is -0.768. The number of anilines is 1. The number of rotatable bonds is 11. The first-order valence-corrected chi connectivity index (χ1v) is 20.7. The maximum absolute atomic E-state index is 15.0. The Morgan fingerprint density at radius 2 is 1.62 bits per heavy atom. The van der Waals surface area contributed by atoms with Crippen molar-refractivity contribution in [1.29, 1.82) is 0 Å². The number of methoxy groups -OCH3 is 1. The van der Waals surface area contributed by atoms with E-state index >= 15 is 0 Å². The van der Waals surface area contributed by atoms with Crippen LogP contribution >= 0.6 is 22.6 Å². The van der Waals surface area contributed by atoms with E-state index in [2.05, 4.69) is 60.8 Å². The Morgan fingerprint density at radius 3 is 2.25 bits per heavy atom. The van der Waals surface area contributed by atoms with E-state index in [1.165, 1.54) is 5.19 Å². The van der Waals surface area contributed by atoms with Gasteiger partial charge in [0.05, 0.1) is 46.5 Å². The molecule has 4 atom stereocenters. The molecule has 0 bridgehead atoms. The summed E-state index contributed by atoms with van der Waals surface area (Å²) in [4.78, 5) is 32.8. The van der Waals surface area contributed by atoms with Crippen molar-refractivity contribution in [3.8, 4) is 5.75 Å². The number of aliphatic hydroxyl groups excluding tert-OH is 1. The number of aliphatic hydroxyl groups is 1. The van der Waals surface area contributed by atoms with E-state index in [9.17, 15) is 14.7 Å². The number of ether oxygens (including phenoxy) is 2. The van der Waals surface area contributed by atoms with Crippen LogP contribution in [0.1, 0.15) is 30.0 Å². The molecule has 0 aromatic heterocycles. The summed E-state index contributed by atoms with van der Waals surface area (Å²) < 4.78 is 13.7. The highest BCUT2D eigenvalue weighted by Crippen LogP contribution is 2.60. The lowest BCUT2D eigenvalue weighted by Crippen LogP contribution is -2.52. The molecule has 250 valence electrons. The zero-order valence-electron chi connectivity index (χ0n) is 27.9. The molecule has 6 rings (SSSR count). The molecule has 1 spiro atoms. The van der Waals surface area contributed by atoms with Crippen LogP contribution in [0.5, 0.6) is 5.75 Å². The van der Waals surface area contributed by atoms with Gasteiger partial charge in [0.25, 0.3) is 5.91 Å². The average molecular weight is 775 g/mol. The van der Waals surface area contributed by atoms with Crippen LogP contribution in [0, 0.1) is 9.49 Å². The molecule has 2 amide bonds. The molecule has 1 fully saturated rings. The molecule has 0 saturated carbocycles. The van der Waals surface area contributed by atoms with Crippen molar-refractivity contribution in [1.82, 2.24) is 4.90 Å². The Balaban J connectivity index is 1.43. The molecule has 0 aliphatic carbocycles. The number of carbonyl (C=O) groups is 2. The van der Waals surface area contributed by atoms with Gasteiger partial charge in [0.2, 0.25) is 5.91 Å². The van der Waals surface area contributed by atoms with E-state index in [4.69, 9.17) is 9.47 Å². The van der Waals surface area contributed by atoms with Gasteiger partial charge in [-0.3, -0.25) is 9.59 Å². The van der Waals surface area contributed by atoms with Crippen molar-refractivity contribution < 1.29 is 24.2 Å². The van der Waals surface area contributed by atoms with Gasteiger partial charge in [0.15, 0.2) is 5.60 Å². The van der Waals surface area contributed by atoms with Crippen molar-refractivity contribution >= 4 is 53.4 Å². The van der Waals surface area contributed by atoms with E-state index in [0.29, 0.717) is 13.1 Å². The topological polar surface area (TPSA) is 79.3 Å². The van der Waals surface area contributed by atoms with Crippen LogP contribution in [-0.4, -0.2) is 56.3 Å². The number of hydrogen-bond acceptors (Lipinski definition) is 5. The SMILES string of the molecule is COc1ccc([Si](C)(C)[C@H]2[C@H](CC(=O)N(CCO)Cc3ccccc3)O[C@@]3(C(=O)N(Cc4ccccc4)c4ccc(I)cc43)[C@@H]2C)cc1. The van der Waals surface area contributed by atoms with E-state index in [0.717, 1.165) is 31.7 Å². The number of amides is 2. The maximum atomic E-state index is 15.0. The highest BCUT2D eigenvalue weighted by Gasteiger charge is 2.66. The molecule has 9 heteroatoms. The largest absolute Gasteiger partial charge is 0.497 e. The molecule has 4 aromatic rings. The number of benzene rings is 4. The van der Waals surface area contributed by atoms with Crippen molar-refractivity contribution in [2.75, 3.05) is 25.2 Å². The van der Waals surface area contributed by atoms with Crippen LogP contribution in [0.25, 0.3) is 0 Å². The molecule has 1 saturated heterocycles. The average Bonchev–Trinajstić information content (AvgIpc) is 3.51. The third kappa shape index (κ3) is 6.33. The van der Waals surface area contributed by atoms with Gasteiger partial charge in [-0.2, -0.15) is 0 Å². The first-order chi connectivity index (χ1) is 23.1. The maximum Gasteiger partial charge on any atom is 0.264 e. The Kier molecular flexibility index (Phi) is 10.1. The van der Waals surface area contributed by atoms with Crippen LogP contribution in [0.15, 0.2) is 103 Å². The minimum absolute atomic E-state index is 0.0751. The summed E-state index contributed by atoms with van der Waals surface area (Å²) in [5, 5.41) is 11.2. The Labute approximate surface area is 298 Å². The van der Waals surface area contributed by atoms with Gasteiger partial charge in [-0.05, 0) is 69.6 Å². The molecule has 7 nitrogen and oxygen atoms in total. The molecule has 0 unspecified atom stereocenters. The molecule has 1 N–H and O–H groups in total. The Bertz CT molecular complexity index is 1750. The van der Waals surface area contributed by atoms with Gasteiger partial charge in [0.1, 0.15) is 5.75 Å². The lowest BCUT2D eigenvalue weighted by Gasteiger charge is -2.37. The van der Waals surface area contributed by atoms with Crippen LogP contribution < -0.4 is 14.8 Å². The summed E-state index contributed by atoms with van der Waals surface area (Å²) in [5.74, 6) is 0.395. The quantitative estimate of drug-likeness (QED) is 0.140. The fourth-order valence-corrected chi connectivity index (χ4v) is 12.4. The minimum Gasteiger partial charge on any atom is -0.497 e. The lowest BCUT2D eigenvalue weighted by molar-refractivity contribution is -0.150. The van der Waals surface area contributed by atoms with Gasteiger partial charge >= 0.3 is 0 Å². The molecule has 2 aliphatic heterocycles. The van der Waals surface area contributed by atoms with Crippen LogP contribution in [-0.2, 0) is 33.0 Å². The molecule has 48 heavy (non-hydrogen) atoms. The zero-order valence-corrected chi connectivity index (χ0v) is 31.1. The van der Waals surface area contributed by atoms with Crippen LogP contribution in [0.3, 0.4) is 0 Å². The predicted molar refractivity (Wildman–Crippen MR) is 200 cm³/mol. The predicted octanol–water partition coefficient (Wildman–Crippen LogP) is 6.47. The first-order valence-electron chi connectivity index (χ1n) is 16.5. The number of fused-ring (bicyclic) bond motifs is 2. The lowest BCUT2D eigenvalue weighted by atomic mass is 9.82. The molecule has 0 radical (unpaired) electrons. The standard InChI is InChI=1S/C39H43IN2O5Si/c1-27-37(48(3,4)32-18-16-31(46-2)17-19-32)35(24-36(44)41(21-22-43)25-28-11-7-5-8-12-28)47-39(27)33-23-30(40)15-20-34(33)42(38(39)45)26-29-13-9-6-10-14-29/h5-20,23,27,35,37,43H,21-22,24-26H2,1-4H3/t27-,35+,37-,39+/m1/s1. The van der Waals surface area contributed by atoms with Crippen LogP contribution in [0.4, 0.5) is 5.69 Å². The second-order valence-corrected chi connectivity index (χ2v) is 19.4.